The lowest BCUT2D eigenvalue weighted by Crippen LogP contribution is -2.51. The third kappa shape index (κ3) is 2.53. The molecule has 1 aliphatic rings. The van der Waals surface area contributed by atoms with Crippen LogP contribution in [0.5, 0.6) is 0 Å². The first-order valence-corrected chi connectivity index (χ1v) is 7.09. The van der Waals surface area contributed by atoms with Crippen LogP contribution in [0.15, 0.2) is 18.2 Å². The van der Waals surface area contributed by atoms with Gasteiger partial charge in [0.15, 0.2) is 0 Å². The Labute approximate surface area is 114 Å². The Balaban J connectivity index is 2.53. The monoisotopic (exact) mass is 267 g/mol. The van der Waals surface area contributed by atoms with Crippen molar-refractivity contribution in [1.82, 2.24) is 0 Å². The number of rotatable bonds is 2. The Kier molecular flexibility index (Phi) is 3.95. The van der Waals surface area contributed by atoms with E-state index in [2.05, 4.69) is 20.8 Å². The lowest BCUT2D eigenvalue weighted by atomic mass is 9.62. The Hall–Kier alpha value is -0.960. The van der Waals surface area contributed by atoms with Gasteiger partial charge in [-0.1, -0.05) is 33.3 Å². The molecule has 1 fully saturated rings. The Morgan fingerprint density at radius 3 is 2.32 bits per heavy atom. The van der Waals surface area contributed by atoms with Crippen LogP contribution in [-0.4, -0.2) is 0 Å². The standard InChI is InChI=1S/C16H23F2N/c1-10(2)12-8-7-11(3)9-16(12,19)15-13(17)5-4-6-14(15)18/h4-6,10-12H,7-9,19H2,1-3H3. The van der Waals surface area contributed by atoms with Gasteiger partial charge in [0.1, 0.15) is 11.6 Å². The third-order valence-corrected chi connectivity index (χ3v) is 4.55. The SMILES string of the molecule is CC1CCC(C(C)C)C(N)(c2c(F)cccc2F)C1. The number of nitrogens with two attached hydrogens (primary N) is 1. The third-order valence-electron chi connectivity index (χ3n) is 4.55. The molecule has 1 saturated carbocycles. The quantitative estimate of drug-likeness (QED) is 0.853. The molecular weight excluding hydrogens is 244 g/mol. The van der Waals surface area contributed by atoms with Crippen molar-refractivity contribution in [2.75, 3.05) is 0 Å². The van der Waals surface area contributed by atoms with E-state index in [-0.39, 0.29) is 11.5 Å². The number of hydrogen-bond acceptors (Lipinski definition) is 1. The van der Waals surface area contributed by atoms with Gasteiger partial charge in [-0.3, -0.25) is 0 Å². The van der Waals surface area contributed by atoms with Gasteiger partial charge in [-0.2, -0.15) is 0 Å². The molecule has 1 aromatic rings. The second-order valence-corrected chi connectivity index (χ2v) is 6.37. The summed E-state index contributed by atoms with van der Waals surface area (Å²) in [6.45, 7) is 6.28. The van der Waals surface area contributed by atoms with Crippen LogP contribution in [0.2, 0.25) is 0 Å². The molecule has 0 radical (unpaired) electrons. The van der Waals surface area contributed by atoms with Crippen LogP contribution in [0.3, 0.4) is 0 Å². The van der Waals surface area contributed by atoms with Crippen molar-refractivity contribution in [2.45, 2.75) is 45.6 Å². The van der Waals surface area contributed by atoms with E-state index in [1.54, 1.807) is 0 Å². The number of benzene rings is 1. The van der Waals surface area contributed by atoms with E-state index in [0.29, 0.717) is 18.3 Å². The molecule has 0 bridgehead atoms. The first kappa shape index (κ1) is 14.4. The van der Waals surface area contributed by atoms with E-state index >= 15 is 0 Å². The molecule has 1 aliphatic carbocycles. The van der Waals surface area contributed by atoms with Crippen molar-refractivity contribution in [3.05, 3.63) is 35.4 Å². The van der Waals surface area contributed by atoms with Crippen LogP contribution in [-0.2, 0) is 5.54 Å². The molecule has 0 aromatic heterocycles. The molecule has 0 saturated heterocycles. The fraction of sp³-hybridized carbons (Fsp3) is 0.625. The van der Waals surface area contributed by atoms with Gasteiger partial charge in [-0.05, 0) is 42.7 Å². The molecule has 2 N–H and O–H groups in total. The van der Waals surface area contributed by atoms with Gasteiger partial charge < -0.3 is 5.73 Å². The Morgan fingerprint density at radius 2 is 1.79 bits per heavy atom. The summed E-state index contributed by atoms with van der Waals surface area (Å²) in [5.41, 5.74) is 5.73. The molecule has 0 heterocycles. The minimum Gasteiger partial charge on any atom is -0.321 e. The van der Waals surface area contributed by atoms with Crippen molar-refractivity contribution in [1.29, 1.82) is 0 Å². The van der Waals surface area contributed by atoms with Crippen LogP contribution < -0.4 is 5.73 Å². The van der Waals surface area contributed by atoms with Crippen molar-refractivity contribution in [2.24, 2.45) is 23.5 Å². The average molecular weight is 267 g/mol. The topological polar surface area (TPSA) is 26.0 Å². The maximum absolute atomic E-state index is 14.1. The number of halogens is 2. The first-order chi connectivity index (χ1) is 8.86. The highest BCUT2D eigenvalue weighted by molar-refractivity contribution is 5.29. The van der Waals surface area contributed by atoms with Crippen LogP contribution >= 0.6 is 0 Å². The molecule has 3 unspecified atom stereocenters. The summed E-state index contributed by atoms with van der Waals surface area (Å²) in [4.78, 5) is 0. The summed E-state index contributed by atoms with van der Waals surface area (Å²) in [5.74, 6) is -0.185. The van der Waals surface area contributed by atoms with Crippen LogP contribution in [0.4, 0.5) is 8.78 Å². The van der Waals surface area contributed by atoms with Gasteiger partial charge in [0.05, 0.1) is 5.54 Å². The van der Waals surface area contributed by atoms with E-state index in [9.17, 15) is 8.78 Å². The zero-order chi connectivity index (χ0) is 14.2. The van der Waals surface area contributed by atoms with Crippen molar-refractivity contribution < 1.29 is 8.78 Å². The maximum Gasteiger partial charge on any atom is 0.131 e. The van der Waals surface area contributed by atoms with Gasteiger partial charge in [-0.15, -0.1) is 0 Å². The summed E-state index contributed by atoms with van der Waals surface area (Å²) >= 11 is 0. The van der Waals surface area contributed by atoms with E-state index in [1.165, 1.54) is 18.2 Å². The smallest absolute Gasteiger partial charge is 0.131 e. The van der Waals surface area contributed by atoms with Crippen LogP contribution in [0.25, 0.3) is 0 Å². The molecule has 2 rings (SSSR count). The predicted octanol–water partition coefficient (Wildman–Crippen LogP) is 4.21. The fourth-order valence-electron chi connectivity index (χ4n) is 3.71. The van der Waals surface area contributed by atoms with Crippen LogP contribution in [0, 0.1) is 29.4 Å². The molecule has 3 heteroatoms. The first-order valence-electron chi connectivity index (χ1n) is 7.09. The second-order valence-electron chi connectivity index (χ2n) is 6.37. The molecule has 0 spiro atoms. The van der Waals surface area contributed by atoms with E-state index in [4.69, 9.17) is 5.73 Å². The summed E-state index contributed by atoms with van der Waals surface area (Å²) < 4.78 is 28.2. The van der Waals surface area contributed by atoms with Gasteiger partial charge in [-0.25, -0.2) is 8.78 Å². The summed E-state index contributed by atoms with van der Waals surface area (Å²) in [6, 6.07) is 4.02. The van der Waals surface area contributed by atoms with E-state index in [0.717, 1.165) is 12.8 Å². The molecule has 3 atom stereocenters. The van der Waals surface area contributed by atoms with Crippen molar-refractivity contribution in [3.8, 4) is 0 Å². The highest BCUT2D eigenvalue weighted by Gasteiger charge is 2.45. The highest BCUT2D eigenvalue weighted by Crippen LogP contribution is 2.46. The highest BCUT2D eigenvalue weighted by atomic mass is 19.1. The molecule has 1 aromatic carbocycles. The average Bonchev–Trinajstić information content (AvgIpc) is 2.27. The van der Waals surface area contributed by atoms with Gasteiger partial charge in [0.25, 0.3) is 0 Å². The number of hydrogen-bond donors (Lipinski definition) is 1. The molecule has 0 amide bonds. The van der Waals surface area contributed by atoms with Crippen LogP contribution in [0.1, 0.15) is 45.6 Å². The van der Waals surface area contributed by atoms with Gasteiger partial charge in [0, 0.05) is 5.56 Å². The molecule has 0 aliphatic heterocycles. The lowest BCUT2D eigenvalue weighted by Gasteiger charge is -2.46. The molecule has 106 valence electrons. The van der Waals surface area contributed by atoms with E-state index in [1.807, 2.05) is 0 Å². The van der Waals surface area contributed by atoms with Crippen molar-refractivity contribution >= 4 is 0 Å². The summed E-state index contributed by atoms with van der Waals surface area (Å²) in [6.07, 6.45) is 2.66. The fourth-order valence-corrected chi connectivity index (χ4v) is 3.71. The Morgan fingerprint density at radius 1 is 1.21 bits per heavy atom. The van der Waals surface area contributed by atoms with E-state index < -0.39 is 17.2 Å². The second kappa shape index (κ2) is 5.20. The normalized spacial score (nSPS) is 31.7. The zero-order valence-electron chi connectivity index (χ0n) is 11.9. The Bertz CT molecular complexity index is 438. The molecule has 1 nitrogen and oxygen atoms in total. The lowest BCUT2D eigenvalue weighted by molar-refractivity contribution is 0.102. The predicted molar refractivity (Wildman–Crippen MR) is 73.6 cm³/mol. The minimum absolute atomic E-state index is 0.0836. The van der Waals surface area contributed by atoms with Crippen molar-refractivity contribution in [3.63, 3.8) is 0 Å². The van der Waals surface area contributed by atoms with Gasteiger partial charge >= 0.3 is 0 Å². The zero-order valence-corrected chi connectivity index (χ0v) is 11.9. The molecule has 19 heavy (non-hydrogen) atoms. The molecular formula is C16H23F2N. The minimum atomic E-state index is -0.888. The largest absolute Gasteiger partial charge is 0.321 e. The maximum atomic E-state index is 14.1. The summed E-state index contributed by atoms with van der Waals surface area (Å²) in [5, 5.41) is 0. The van der Waals surface area contributed by atoms with Gasteiger partial charge in [0.2, 0.25) is 0 Å². The summed E-state index contributed by atoms with van der Waals surface area (Å²) in [7, 11) is 0.